The van der Waals surface area contributed by atoms with Crippen molar-refractivity contribution in [2.75, 3.05) is 0 Å². The van der Waals surface area contributed by atoms with Gasteiger partial charge in [0, 0.05) is 12.5 Å². The maximum Gasteiger partial charge on any atom is 0.242 e. The molecule has 0 aromatic rings. The second-order valence-corrected chi connectivity index (χ2v) is 5.77. The molecule has 1 heterocycles. The van der Waals surface area contributed by atoms with Crippen LogP contribution in [0.25, 0.3) is 0 Å². The summed E-state index contributed by atoms with van der Waals surface area (Å²) < 4.78 is 0. The maximum absolute atomic E-state index is 11.8. The summed E-state index contributed by atoms with van der Waals surface area (Å²) in [5.74, 6) is -0.0135. The number of carbonyl (C=O) groups is 2. The first-order valence-corrected chi connectivity index (χ1v) is 6.06. The van der Waals surface area contributed by atoms with Crippen LogP contribution in [-0.4, -0.2) is 23.9 Å². The Kier molecular flexibility index (Phi) is 2.91. The normalized spacial score (nSPS) is 32.5. The van der Waals surface area contributed by atoms with Crippen molar-refractivity contribution >= 4 is 11.8 Å². The number of carbonyl (C=O) groups excluding carboxylic acids is 2. The minimum atomic E-state index is -0.295. The summed E-state index contributed by atoms with van der Waals surface area (Å²) in [6, 6.07) is -0.00351. The van der Waals surface area contributed by atoms with Crippen molar-refractivity contribution in [2.24, 2.45) is 5.41 Å². The van der Waals surface area contributed by atoms with E-state index >= 15 is 0 Å². The van der Waals surface area contributed by atoms with Crippen molar-refractivity contribution < 1.29 is 9.59 Å². The number of hydrogen-bond acceptors (Lipinski definition) is 2. The lowest BCUT2D eigenvalue weighted by Crippen LogP contribution is -2.45. The largest absolute Gasteiger partial charge is 0.352 e. The molecule has 0 aromatic carbocycles. The van der Waals surface area contributed by atoms with E-state index in [0.29, 0.717) is 24.3 Å². The van der Waals surface area contributed by atoms with Gasteiger partial charge in [0.1, 0.15) is 6.04 Å². The highest BCUT2D eigenvalue weighted by Gasteiger charge is 2.34. The van der Waals surface area contributed by atoms with E-state index in [9.17, 15) is 9.59 Å². The predicted molar refractivity (Wildman–Crippen MR) is 60.7 cm³/mol. The highest BCUT2D eigenvalue weighted by atomic mass is 16.2. The van der Waals surface area contributed by atoms with E-state index in [1.807, 2.05) is 0 Å². The third-order valence-electron chi connectivity index (χ3n) is 3.63. The third kappa shape index (κ3) is 2.54. The van der Waals surface area contributed by atoms with Gasteiger partial charge in [-0.25, -0.2) is 0 Å². The fraction of sp³-hybridized carbons (Fsp3) is 0.833. The molecule has 1 saturated carbocycles. The van der Waals surface area contributed by atoms with Crippen molar-refractivity contribution in [1.82, 2.24) is 10.6 Å². The molecule has 2 rings (SSSR count). The van der Waals surface area contributed by atoms with Crippen LogP contribution in [0.15, 0.2) is 0 Å². The highest BCUT2D eigenvalue weighted by molar-refractivity contribution is 5.90. The molecule has 0 aromatic heterocycles. The first kappa shape index (κ1) is 11.4. The molecule has 1 aliphatic carbocycles. The molecule has 0 radical (unpaired) electrons. The maximum atomic E-state index is 11.8. The number of hydrogen-bond donors (Lipinski definition) is 2. The first-order chi connectivity index (χ1) is 7.46. The molecule has 2 N–H and O–H groups in total. The topological polar surface area (TPSA) is 58.2 Å². The second kappa shape index (κ2) is 4.07. The van der Waals surface area contributed by atoms with Crippen LogP contribution >= 0.6 is 0 Å². The Morgan fingerprint density at radius 3 is 2.69 bits per heavy atom. The highest BCUT2D eigenvalue weighted by Crippen LogP contribution is 2.36. The van der Waals surface area contributed by atoms with Gasteiger partial charge in [0.2, 0.25) is 11.8 Å². The Labute approximate surface area is 96.2 Å². The molecule has 1 aliphatic heterocycles. The Morgan fingerprint density at radius 2 is 2.19 bits per heavy atom. The summed E-state index contributed by atoms with van der Waals surface area (Å²) in [5, 5.41) is 5.74. The number of rotatable bonds is 2. The van der Waals surface area contributed by atoms with Crippen molar-refractivity contribution in [3.63, 3.8) is 0 Å². The summed E-state index contributed by atoms with van der Waals surface area (Å²) in [6.45, 7) is 4.47. The zero-order chi connectivity index (χ0) is 11.8. The van der Waals surface area contributed by atoms with Crippen molar-refractivity contribution in [3.8, 4) is 0 Å². The average molecular weight is 224 g/mol. The van der Waals surface area contributed by atoms with E-state index in [1.54, 1.807) is 0 Å². The lowest BCUT2D eigenvalue weighted by atomic mass is 9.92. The molecule has 16 heavy (non-hydrogen) atoms. The molecule has 2 aliphatic rings. The van der Waals surface area contributed by atoms with Crippen LogP contribution in [0.4, 0.5) is 0 Å². The van der Waals surface area contributed by atoms with Crippen LogP contribution in [0.3, 0.4) is 0 Å². The van der Waals surface area contributed by atoms with E-state index in [1.165, 1.54) is 0 Å². The van der Waals surface area contributed by atoms with Gasteiger partial charge in [-0.3, -0.25) is 9.59 Å². The van der Waals surface area contributed by atoms with E-state index in [2.05, 4.69) is 24.5 Å². The van der Waals surface area contributed by atoms with Gasteiger partial charge >= 0.3 is 0 Å². The summed E-state index contributed by atoms with van der Waals surface area (Å²) in [6.07, 6.45) is 4.38. The summed E-state index contributed by atoms with van der Waals surface area (Å²) in [5.41, 5.74) is 0.344. The van der Waals surface area contributed by atoms with Gasteiger partial charge in [0.15, 0.2) is 0 Å². The van der Waals surface area contributed by atoms with Crippen LogP contribution in [-0.2, 0) is 9.59 Å². The zero-order valence-corrected chi connectivity index (χ0v) is 10.0. The fourth-order valence-corrected chi connectivity index (χ4v) is 2.67. The number of amides is 2. The lowest BCUT2D eigenvalue weighted by molar-refractivity contribution is -0.126. The van der Waals surface area contributed by atoms with Crippen molar-refractivity contribution in [2.45, 2.75) is 58.0 Å². The third-order valence-corrected chi connectivity index (χ3v) is 3.63. The van der Waals surface area contributed by atoms with Crippen molar-refractivity contribution in [3.05, 3.63) is 0 Å². The van der Waals surface area contributed by atoms with Crippen LogP contribution in [0.2, 0.25) is 0 Å². The Hall–Kier alpha value is -1.06. The molecular formula is C12H20N2O2. The number of nitrogens with one attached hydrogen (secondary N) is 2. The van der Waals surface area contributed by atoms with E-state index < -0.39 is 0 Å². The molecule has 4 nitrogen and oxygen atoms in total. The van der Waals surface area contributed by atoms with Crippen LogP contribution in [0.1, 0.15) is 46.0 Å². The summed E-state index contributed by atoms with van der Waals surface area (Å²) in [4.78, 5) is 22.8. The van der Waals surface area contributed by atoms with Crippen LogP contribution in [0, 0.1) is 5.41 Å². The predicted octanol–water partition coefficient (Wildman–Crippen LogP) is 0.960. The van der Waals surface area contributed by atoms with Gasteiger partial charge in [-0.2, -0.15) is 0 Å². The van der Waals surface area contributed by atoms with Gasteiger partial charge in [0.05, 0.1) is 0 Å². The monoisotopic (exact) mass is 224 g/mol. The minimum absolute atomic E-state index is 0.00597. The smallest absolute Gasteiger partial charge is 0.242 e. The van der Waals surface area contributed by atoms with Gasteiger partial charge in [-0.15, -0.1) is 0 Å². The standard InChI is InChI=1S/C12H20N2O2/c1-12(2)6-5-8(7-12)13-11(16)9-3-4-10(15)14-9/h8-9H,3-7H2,1-2H3,(H,13,16)(H,14,15). The van der Waals surface area contributed by atoms with Crippen LogP contribution in [0.5, 0.6) is 0 Å². The average Bonchev–Trinajstić information content (AvgIpc) is 2.73. The molecule has 2 atom stereocenters. The lowest BCUT2D eigenvalue weighted by Gasteiger charge is -2.19. The zero-order valence-electron chi connectivity index (χ0n) is 10.0. The molecule has 4 heteroatoms. The molecule has 0 bridgehead atoms. The van der Waals surface area contributed by atoms with Crippen LogP contribution < -0.4 is 10.6 Å². The Balaban J connectivity index is 1.82. The molecular weight excluding hydrogens is 204 g/mol. The molecule has 2 unspecified atom stereocenters. The first-order valence-electron chi connectivity index (χ1n) is 6.06. The van der Waals surface area contributed by atoms with Gasteiger partial charge in [0.25, 0.3) is 0 Å². The van der Waals surface area contributed by atoms with Gasteiger partial charge in [-0.05, 0) is 31.1 Å². The SMILES string of the molecule is CC1(C)CCC(NC(=O)C2CCC(=O)N2)C1. The van der Waals surface area contributed by atoms with Crippen molar-refractivity contribution in [1.29, 1.82) is 0 Å². The quantitative estimate of drug-likeness (QED) is 0.734. The molecule has 2 fully saturated rings. The summed E-state index contributed by atoms with van der Waals surface area (Å²) >= 11 is 0. The van der Waals surface area contributed by atoms with Gasteiger partial charge < -0.3 is 10.6 Å². The summed E-state index contributed by atoms with van der Waals surface area (Å²) in [7, 11) is 0. The van der Waals surface area contributed by atoms with E-state index in [-0.39, 0.29) is 17.9 Å². The molecule has 0 spiro atoms. The fourth-order valence-electron chi connectivity index (χ4n) is 2.67. The molecule has 2 amide bonds. The molecule has 1 saturated heterocycles. The van der Waals surface area contributed by atoms with Gasteiger partial charge in [-0.1, -0.05) is 13.8 Å². The van der Waals surface area contributed by atoms with E-state index in [4.69, 9.17) is 0 Å². The van der Waals surface area contributed by atoms with E-state index in [0.717, 1.165) is 19.3 Å². The Morgan fingerprint density at radius 1 is 1.44 bits per heavy atom. The second-order valence-electron chi connectivity index (χ2n) is 5.77. The Bertz CT molecular complexity index is 312. The minimum Gasteiger partial charge on any atom is -0.352 e. The molecule has 90 valence electrons.